The Labute approximate surface area is 155 Å². The molecule has 7 nitrogen and oxygen atoms in total. The van der Waals surface area contributed by atoms with E-state index < -0.39 is 11.5 Å². The van der Waals surface area contributed by atoms with Gasteiger partial charge in [-0.25, -0.2) is 4.98 Å². The highest BCUT2D eigenvalue weighted by Crippen LogP contribution is 2.30. The second kappa shape index (κ2) is 7.11. The summed E-state index contributed by atoms with van der Waals surface area (Å²) >= 11 is 0. The van der Waals surface area contributed by atoms with Crippen molar-refractivity contribution in [2.75, 3.05) is 5.32 Å². The van der Waals surface area contributed by atoms with E-state index in [0.717, 1.165) is 18.5 Å². The molecule has 3 aromatic heterocycles. The number of furan rings is 1. The van der Waals surface area contributed by atoms with Crippen molar-refractivity contribution in [3.63, 3.8) is 0 Å². The van der Waals surface area contributed by atoms with Crippen LogP contribution in [0.1, 0.15) is 40.2 Å². The zero-order valence-corrected chi connectivity index (χ0v) is 14.6. The maximum absolute atomic E-state index is 13.1. The van der Waals surface area contributed by atoms with E-state index in [9.17, 15) is 14.7 Å². The highest BCUT2D eigenvalue weighted by molar-refractivity contribution is 6.05. The van der Waals surface area contributed by atoms with Crippen LogP contribution in [0.15, 0.2) is 52.0 Å². The highest BCUT2D eigenvalue weighted by atomic mass is 16.3. The molecule has 0 aliphatic heterocycles. The first-order valence-corrected chi connectivity index (χ1v) is 8.87. The third kappa shape index (κ3) is 3.23. The summed E-state index contributed by atoms with van der Waals surface area (Å²) in [5.41, 5.74) is 0.652. The van der Waals surface area contributed by atoms with Crippen molar-refractivity contribution in [3.8, 4) is 5.75 Å². The van der Waals surface area contributed by atoms with Gasteiger partial charge in [-0.1, -0.05) is 6.07 Å². The van der Waals surface area contributed by atoms with Crippen LogP contribution in [-0.4, -0.2) is 20.6 Å². The molecule has 0 radical (unpaired) electrons. The lowest BCUT2D eigenvalue weighted by Crippen LogP contribution is -2.34. The molecular weight excluding hydrogens is 346 g/mol. The summed E-state index contributed by atoms with van der Waals surface area (Å²) in [7, 11) is 0. The summed E-state index contributed by atoms with van der Waals surface area (Å²) in [5, 5.41) is 13.3. The Balaban J connectivity index is 1.81. The van der Waals surface area contributed by atoms with Crippen LogP contribution in [0.3, 0.4) is 0 Å². The largest absolute Gasteiger partial charge is 0.507 e. The van der Waals surface area contributed by atoms with E-state index in [1.807, 2.05) is 0 Å². The molecular formula is C20H19N3O4. The molecule has 0 aromatic carbocycles. The standard InChI is InChI=1S/C20H19N3O4/c24-18-14-7-1-2-8-15(14)23(12-13-6-5-11-27-13)20(26)17(18)19(25)22-16-9-3-4-10-21-16/h3-6,9-11,24H,1-2,7-8,12H2,(H,21,22,25). The normalized spacial score (nSPS) is 13.2. The maximum Gasteiger partial charge on any atom is 0.267 e. The number of aromatic hydroxyl groups is 1. The topological polar surface area (TPSA) is 97.4 Å². The predicted octanol–water partition coefficient (Wildman–Crippen LogP) is 2.72. The Morgan fingerprint density at radius 3 is 2.81 bits per heavy atom. The van der Waals surface area contributed by atoms with E-state index in [1.165, 1.54) is 6.20 Å². The van der Waals surface area contributed by atoms with Gasteiger partial charge in [0, 0.05) is 17.5 Å². The van der Waals surface area contributed by atoms with Crippen LogP contribution in [0.25, 0.3) is 0 Å². The number of amides is 1. The molecule has 3 aromatic rings. The minimum Gasteiger partial charge on any atom is -0.507 e. The van der Waals surface area contributed by atoms with E-state index in [2.05, 4.69) is 10.3 Å². The Hall–Kier alpha value is -3.35. The molecule has 27 heavy (non-hydrogen) atoms. The van der Waals surface area contributed by atoms with Crippen molar-refractivity contribution in [2.24, 2.45) is 0 Å². The Kier molecular flexibility index (Phi) is 4.50. The molecule has 0 atom stereocenters. The second-order valence-corrected chi connectivity index (χ2v) is 6.50. The average molecular weight is 365 g/mol. The highest BCUT2D eigenvalue weighted by Gasteiger charge is 2.27. The van der Waals surface area contributed by atoms with Gasteiger partial charge in [-0.05, 0) is 49.9 Å². The SMILES string of the molecule is O=C(Nc1ccccn1)c1c(O)c2c(n(Cc3ccco3)c1=O)CCCC2. The summed E-state index contributed by atoms with van der Waals surface area (Å²) in [4.78, 5) is 29.9. The quantitative estimate of drug-likeness (QED) is 0.741. The third-order valence-corrected chi connectivity index (χ3v) is 4.77. The van der Waals surface area contributed by atoms with Crippen molar-refractivity contribution >= 4 is 11.7 Å². The van der Waals surface area contributed by atoms with Crippen molar-refractivity contribution in [3.05, 3.63) is 75.7 Å². The minimum atomic E-state index is -0.669. The number of aromatic nitrogens is 2. The molecule has 0 fully saturated rings. The molecule has 1 aliphatic rings. The Morgan fingerprint density at radius 1 is 1.22 bits per heavy atom. The number of anilines is 1. The first-order valence-electron chi connectivity index (χ1n) is 8.87. The summed E-state index contributed by atoms with van der Waals surface area (Å²) in [6, 6.07) is 8.60. The molecule has 0 saturated carbocycles. The first kappa shape index (κ1) is 17.1. The number of hydrogen-bond donors (Lipinski definition) is 2. The molecule has 1 aliphatic carbocycles. The third-order valence-electron chi connectivity index (χ3n) is 4.77. The van der Waals surface area contributed by atoms with Gasteiger partial charge < -0.3 is 19.4 Å². The Morgan fingerprint density at radius 2 is 2.07 bits per heavy atom. The molecule has 0 spiro atoms. The smallest absolute Gasteiger partial charge is 0.267 e. The van der Waals surface area contributed by atoms with Gasteiger partial charge in [0.25, 0.3) is 11.5 Å². The number of rotatable bonds is 4. The van der Waals surface area contributed by atoms with Crippen LogP contribution < -0.4 is 10.9 Å². The Bertz CT molecular complexity index is 1020. The van der Waals surface area contributed by atoms with Crippen LogP contribution in [0.4, 0.5) is 5.82 Å². The van der Waals surface area contributed by atoms with Crippen molar-refractivity contribution < 1.29 is 14.3 Å². The molecule has 0 bridgehead atoms. The van der Waals surface area contributed by atoms with Gasteiger partial charge in [0.05, 0.1) is 12.8 Å². The van der Waals surface area contributed by atoms with Crippen LogP contribution in [0, 0.1) is 0 Å². The lowest BCUT2D eigenvalue weighted by molar-refractivity contribution is 0.102. The minimum absolute atomic E-state index is 0.221. The van der Waals surface area contributed by atoms with Gasteiger partial charge in [-0.2, -0.15) is 0 Å². The monoisotopic (exact) mass is 365 g/mol. The van der Waals surface area contributed by atoms with Crippen LogP contribution in [0.2, 0.25) is 0 Å². The van der Waals surface area contributed by atoms with Crippen molar-refractivity contribution in [1.82, 2.24) is 9.55 Å². The summed E-state index contributed by atoms with van der Waals surface area (Å²) in [5.74, 6) is 0.0415. The molecule has 7 heteroatoms. The number of nitrogens with one attached hydrogen (secondary N) is 1. The zero-order valence-electron chi connectivity index (χ0n) is 14.6. The molecule has 2 N–H and O–H groups in total. The number of fused-ring (bicyclic) bond motifs is 1. The maximum atomic E-state index is 13.1. The summed E-state index contributed by atoms with van der Waals surface area (Å²) < 4.78 is 6.92. The van der Waals surface area contributed by atoms with E-state index in [1.54, 1.807) is 41.2 Å². The molecule has 138 valence electrons. The van der Waals surface area contributed by atoms with E-state index in [0.29, 0.717) is 30.0 Å². The number of carbonyl (C=O) groups excluding carboxylic acids is 1. The predicted molar refractivity (Wildman–Crippen MR) is 99.0 cm³/mol. The van der Waals surface area contributed by atoms with Gasteiger partial charge in [-0.15, -0.1) is 0 Å². The van der Waals surface area contributed by atoms with Crippen LogP contribution in [-0.2, 0) is 19.4 Å². The number of pyridine rings is 2. The zero-order chi connectivity index (χ0) is 18.8. The van der Waals surface area contributed by atoms with Crippen molar-refractivity contribution in [1.29, 1.82) is 0 Å². The van der Waals surface area contributed by atoms with Gasteiger partial charge in [0.1, 0.15) is 22.9 Å². The van der Waals surface area contributed by atoms with E-state index in [4.69, 9.17) is 4.42 Å². The van der Waals surface area contributed by atoms with E-state index in [-0.39, 0.29) is 17.9 Å². The van der Waals surface area contributed by atoms with Gasteiger partial charge >= 0.3 is 0 Å². The first-order chi connectivity index (χ1) is 13.1. The molecule has 0 unspecified atom stereocenters. The van der Waals surface area contributed by atoms with Crippen LogP contribution in [0.5, 0.6) is 5.75 Å². The summed E-state index contributed by atoms with van der Waals surface area (Å²) in [6.45, 7) is 0.221. The molecule has 4 rings (SSSR count). The second-order valence-electron chi connectivity index (χ2n) is 6.50. The molecule has 3 heterocycles. The van der Waals surface area contributed by atoms with Gasteiger partial charge in [0.2, 0.25) is 0 Å². The summed E-state index contributed by atoms with van der Waals surface area (Å²) in [6.07, 6.45) is 6.23. The fourth-order valence-corrected chi connectivity index (χ4v) is 3.50. The fourth-order valence-electron chi connectivity index (χ4n) is 3.50. The number of carbonyl (C=O) groups is 1. The molecule has 0 saturated heterocycles. The van der Waals surface area contributed by atoms with Crippen molar-refractivity contribution in [2.45, 2.75) is 32.2 Å². The van der Waals surface area contributed by atoms with E-state index >= 15 is 0 Å². The molecule has 1 amide bonds. The lowest BCUT2D eigenvalue weighted by atomic mass is 9.93. The van der Waals surface area contributed by atoms with Gasteiger partial charge in [0.15, 0.2) is 0 Å². The van der Waals surface area contributed by atoms with Crippen LogP contribution >= 0.6 is 0 Å². The average Bonchev–Trinajstić information content (AvgIpc) is 3.19. The van der Waals surface area contributed by atoms with Gasteiger partial charge in [-0.3, -0.25) is 9.59 Å². The fraction of sp³-hybridized carbons (Fsp3) is 0.250. The lowest BCUT2D eigenvalue weighted by Gasteiger charge is -2.23. The number of nitrogens with zero attached hydrogens (tertiary/aromatic N) is 2. The number of hydrogen-bond acceptors (Lipinski definition) is 5.